The Morgan fingerprint density at radius 2 is 2.05 bits per heavy atom. The summed E-state index contributed by atoms with van der Waals surface area (Å²) in [7, 11) is 1.90. The lowest BCUT2D eigenvalue weighted by molar-refractivity contribution is 0.474. The van der Waals surface area contributed by atoms with Crippen molar-refractivity contribution in [3.8, 4) is 11.5 Å². The third-order valence-electron chi connectivity index (χ3n) is 3.37. The first kappa shape index (κ1) is 15.9. The quantitative estimate of drug-likeness (QED) is 0.908. The first-order chi connectivity index (χ1) is 9.88. The van der Waals surface area contributed by atoms with E-state index in [4.69, 9.17) is 16.3 Å². The number of aryl methyl sites for hydroxylation is 2. The number of benzene rings is 1. The minimum absolute atomic E-state index is 0.445. The van der Waals surface area contributed by atoms with Gasteiger partial charge in [-0.25, -0.2) is 0 Å². The first-order valence-corrected chi connectivity index (χ1v) is 7.46. The fraction of sp³-hybridized carbons (Fsp3) is 0.438. The maximum atomic E-state index is 6.33. The number of nitrogens with zero attached hydrogens (tertiary/aromatic N) is 2. The van der Waals surface area contributed by atoms with E-state index < -0.39 is 0 Å². The van der Waals surface area contributed by atoms with Crippen LogP contribution in [0.4, 0.5) is 0 Å². The zero-order valence-electron chi connectivity index (χ0n) is 13.2. The number of rotatable bonds is 5. The van der Waals surface area contributed by atoms with Crippen LogP contribution in [0.1, 0.15) is 30.8 Å². The maximum absolute atomic E-state index is 6.33. The lowest BCUT2D eigenvalue weighted by Gasteiger charge is -2.11. The summed E-state index contributed by atoms with van der Waals surface area (Å²) in [6.07, 6.45) is 0. The Hall–Kier alpha value is -1.52. The molecule has 2 rings (SSSR count). The number of nitrogens with one attached hydrogen (secondary N) is 1. The van der Waals surface area contributed by atoms with Gasteiger partial charge in [0, 0.05) is 19.6 Å². The molecule has 1 N–H and O–H groups in total. The van der Waals surface area contributed by atoms with Crippen molar-refractivity contribution in [1.29, 1.82) is 0 Å². The van der Waals surface area contributed by atoms with Crippen LogP contribution in [0.2, 0.25) is 5.02 Å². The molecule has 1 aromatic carbocycles. The molecule has 0 aliphatic heterocycles. The Balaban J connectivity index is 2.17. The molecule has 114 valence electrons. The molecule has 0 saturated carbocycles. The van der Waals surface area contributed by atoms with Crippen LogP contribution in [-0.2, 0) is 13.6 Å². The number of hydrogen-bond donors (Lipinski definition) is 1. The van der Waals surface area contributed by atoms with E-state index in [-0.39, 0.29) is 0 Å². The fourth-order valence-corrected chi connectivity index (χ4v) is 2.31. The molecule has 0 bridgehead atoms. The van der Waals surface area contributed by atoms with Crippen molar-refractivity contribution in [3.05, 3.63) is 40.2 Å². The molecule has 4 nitrogen and oxygen atoms in total. The molecule has 0 spiro atoms. The van der Waals surface area contributed by atoms with Crippen molar-refractivity contribution < 1.29 is 4.74 Å². The van der Waals surface area contributed by atoms with Gasteiger partial charge in [0.25, 0.3) is 0 Å². The van der Waals surface area contributed by atoms with Gasteiger partial charge < -0.3 is 10.1 Å². The zero-order chi connectivity index (χ0) is 15.6. The van der Waals surface area contributed by atoms with Gasteiger partial charge in [0.15, 0.2) is 5.75 Å². The van der Waals surface area contributed by atoms with Crippen molar-refractivity contribution in [2.75, 3.05) is 0 Å². The molecular formula is C16H22ClN3O. The van der Waals surface area contributed by atoms with E-state index in [0.717, 1.165) is 29.2 Å². The third-order valence-corrected chi connectivity index (χ3v) is 3.66. The van der Waals surface area contributed by atoms with Crippen LogP contribution in [-0.4, -0.2) is 15.8 Å². The highest BCUT2D eigenvalue weighted by Crippen LogP contribution is 2.33. The van der Waals surface area contributed by atoms with Crippen LogP contribution in [0.5, 0.6) is 11.5 Å². The standard InChI is InChI=1S/C16H22ClN3O/c1-10(2)18-9-13-6-7-15(14(17)8-13)21-16-11(3)19-20(5)12(16)4/h6-8,10,18H,9H2,1-5H3. The highest BCUT2D eigenvalue weighted by atomic mass is 35.5. The van der Waals surface area contributed by atoms with Gasteiger partial charge in [-0.1, -0.05) is 31.5 Å². The highest BCUT2D eigenvalue weighted by Gasteiger charge is 2.13. The molecule has 0 unspecified atom stereocenters. The van der Waals surface area contributed by atoms with Crippen LogP contribution in [0, 0.1) is 13.8 Å². The van der Waals surface area contributed by atoms with Gasteiger partial charge in [-0.15, -0.1) is 0 Å². The summed E-state index contributed by atoms with van der Waals surface area (Å²) in [6, 6.07) is 6.32. The van der Waals surface area contributed by atoms with Gasteiger partial charge in [0.05, 0.1) is 10.7 Å². The maximum Gasteiger partial charge on any atom is 0.171 e. The van der Waals surface area contributed by atoms with Crippen LogP contribution < -0.4 is 10.1 Å². The highest BCUT2D eigenvalue weighted by molar-refractivity contribution is 6.32. The van der Waals surface area contributed by atoms with E-state index in [2.05, 4.69) is 24.3 Å². The minimum Gasteiger partial charge on any atom is -0.452 e. The van der Waals surface area contributed by atoms with Crippen molar-refractivity contribution >= 4 is 11.6 Å². The molecule has 0 saturated heterocycles. The molecule has 0 amide bonds. The average molecular weight is 308 g/mol. The number of halogens is 1. The van der Waals surface area contributed by atoms with Crippen LogP contribution in [0.25, 0.3) is 0 Å². The van der Waals surface area contributed by atoms with E-state index in [1.807, 2.05) is 39.1 Å². The molecule has 0 fully saturated rings. The first-order valence-electron chi connectivity index (χ1n) is 7.08. The number of ether oxygens (including phenoxy) is 1. The van der Waals surface area contributed by atoms with Crippen molar-refractivity contribution in [3.63, 3.8) is 0 Å². The zero-order valence-corrected chi connectivity index (χ0v) is 14.0. The number of aromatic nitrogens is 2. The molecule has 0 aliphatic rings. The Bertz CT molecular complexity index is 635. The summed E-state index contributed by atoms with van der Waals surface area (Å²) < 4.78 is 7.74. The molecule has 2 aromatic rings. The van der Waals surface area contributed by atoms with Crippen LogP contribution in [0.15, 0.2) is 18.2 Å². The van der Waals surface area contributed by atoms with E-state index in [1.165, 1.54) is 0 Å². The SMILES string of the molecule is Cc1nn(C)c(C)c1Oc1ccc(CNC(C)C)cc1Cl. The Labute approximate surface area is 131 Å². The molecule has 5 heteroatoms. The molecular weight excluding hydrogens is 286 g/mol. The molecule has 1 aromatic heterocycles. The van der Waals surface area contributed by atoms with Crippen molar-refractivity contribution in [1.82, 2.24) is 15.1 Å². The molecule has 21 heavy (non-hydrogen) atoms. The van der Waals surface area contributed by atoms with Gasteiger partial charge in [-0.2, -0.15) is 5.10 Å². The fourth-order valence-electron chi connectivity index (χ4n) is 2.07. The lowest BCUT2D eigenvalue weighted by Crippen LogP contribution is -2.21. The number of hydrogen-bond acceptors (Lipinski definition) is 3. The molecule has 0 aliphatic carbocycles. The summed E-state index contributed by atoms with van der Waals surface area (Å²) in [5, 5.41) is 8.32. The minimum atomic E-state index is 0.445. The summed E-state index contributed by atoms with van der Waals surface area (Å²) in [5.74, 6) is 1.43. The Kier molecular flexibility index (Phi) is 4.91. The Morgan fingerprint density at radius 3 is 2.57 bits per heavy atom. The third kappa shape index (κ3) is 3.77. The second-order valence-corrected chi connectivity index (χ2v) is 5.93. The predicted molar refractivity (Wildman–Crippen MR) is 86.2 cm³/mol. The van der Waals surface area contributed by atoms with Gasteiger partial charge in [-0.05, 0) is 31.5 Å². The van der Waals surface area contributed by atoms with Crippen molar-refractivity contribution in [2.24, 2.45) is 7.05 Å². The van der Waals surface area contributed by atoms with Gasteiger partial charge >= 0.3 is 0 Å². The average Bonchev–Trinajstić information content (AvgIpc) is 2.65. The molecule has 0 atom stereocenters. The predicted octanol–water partition coefficient (Wildman–Crippen LogP) is 3.98. The topological polar surface area (TPSA) is 39.1 Å². The molecule has 1 heterocycles. The summed E-state index contributed by atoms with van der Waals surface area (Å²) in [6.45, 7) is 8.93. The van der Waals surface area contributed by atoms with E-state index in [0.29, 0.717) is 16.8 Å². The largest absolute Gasteiger partial charge is 0.452 e. The van der Waals surface area contributed by atoms with Gasteiger partial charge in [0.2, 0.25) is 0 Å². The smallest absolute Gasteiger partial charge is 0.171 e. The summed E-state index contributed by atoms with van der Waals surface area (Å²) in [5.41, 5.74) is 2.98. The van der Waals surface area contributed by atoms with Gasteiger partial charge in [-0.3, -0.25) is 4.68 Å². The van der Waals surface area contributed by atoms with E-state index in [9.17, 15) is 0 Å². The van der Waals surface area contributed by atoms with Crippen LogP contribution in [0.3, 0.4) is 0 Å². The van der Waals surface area contributed by atoms with Crippen LogP contribution >= 0.6 is 11.6 Å². The van der Waals surface area contributed by atoms with E-state index in [1.54, 1.807) is 4.68 Å². The molecule has 0 radical (unpaired) electrons. The van der Waals surface area contributed by atoms with Gasteiger partial charge in [0.1, 0.15) is 11.4 Å². The monoisotopic (exact) mass is 307 g/mol. The summed E-state index contributed by atoms with van der Waals surface area (Å²) >= 11 is 6.33. The Morgan fingerprint density at radius 1 is 1.33 bits per heavy atom. The summed E-state index contributed by atoms with van der Waals surface area (Å²) in [4.78, 5) is 0. The lowest BCUT2D eigenvalue weighted by atomic mass is 10.2. The second-order valence-electron chi connectivity index (χ2n) is 5.53. The second kappa shape index (κ2) is 6.50. The van der Waals surface area contributed by atoms with E-state index >= 15 is 0 Å². The van der Waals surface area contributed by atoms with Crippen molar-refractivity contribution in [2.45, 2.75) is 40.3 Å². The normalized spacial score (nSPS) is 11.2.